The van der Waals surface area contributed by atoms with Crippen LogP contribution in [0.4, 0.5) is 4.79 Å². The highest BCUT2D eigenvalue weighted by molar-refractivity contribution is 6.38. The Morgan fingerprint density at radius 1 is 1.09 bits per heavy atom. The Balaban J connectivity index is 1.84. The topological polar surface area (TPSA) is 130 Å². The Bertz CT molecular complexity index is 1420. The minimum absolute atomic E-state index is 0.0183. The maximum Gasteiger partial charge on any atom is 0.316 e. The fourth-order valence-corrected chi connectivity index (χ4v) is 6.86. The second-order valence-electron chi connectivity index (χ2n) is 15.0. The molecule has 1 heterocycles. The molecule has 0 bridgehead atoms. The maximum absolute atomic E-state index is 14.3. The van der Waals surface area contributed by atoms with Crippen LogP contribution in [0.3, 0.4) is 0 Å². The van der Waals surface area contributed by atoms with Gasteiger partial charge in [-0.25, -0.2) is 4.79 Å². The Labute approximate surface area is 279 Å². The molecule has 1 aromatic rings. The van der Waals surface area contributed by atoms with Crippen LogP contribution in [0.5, 0.6) is 0 Å². The maximum atomic E-state index is 14.3. The lowest BCUT2D eigenvalue weighted by Crippen LogP contribution is -2.61. The lowest BCUT2D eigenvalue weighted by Gasteiger charge is -2.38. The molecule has 9 heteroatoms. The zero-order valence-electron chi connectivity index (χ0n) is 28.9. The van der Waals surface area contributed by atoms with Crippen molar-refractivity contribution in [1.29, 1.82) is 0 Å². The third-order valence-corrected chi connectivity index (χ3v) is 9.81. The lowest BCUT2D eigenvalue weighted by molar-refractivity contribution is -0.144. The van der Waals surface area contributed by atoms with E-state index < -0.39 is 53.0 Å². The number of Topliss-reactive ketones (excluding diaryl/α,β-unsaturated/α-hetero) is 4. The summed E-state index contributed by atoms with van der Waals surface area (Å²) in [6.45, 7) is 17.2. The molecule has 1 aliphatic heterocycles. The molecule has 3 amide bonds. The first-order valence-electron chi connectivity index (χ1n) is 16.6. The number of carbonyl (C=O) groups is 6. The van der Waals surface area contributed by atoms with Gasteiger partial charge in [0.05, 0.1) is 12.1 Å². The zero-order chi connectivity index (χ0) is 35.3. The summed E-state index contributed by atoms with van der Waals surface area (Å²) in [6, 6.07) is 5.40. The van der Waals surface area contributed by atoms with E-state index >= 15 is 0 Å². The number of likely N-dealkylation sites (tertiary alicyclic amines) is 1. The molecular weight excluding hydrogens is 594 g/mol. The average Bonchev–Trinajstić information content (AvgIpc) is 3.33. The van der Waals surface area contributed by atoms with Gasteiger partial charge in [0.15, 0.2) is 17.3 Å². The van der Waals surface area contributed by atoms with Crippen LogP contribution in [0.1, 0.15) is 90.9 Å². The van der Waals surface area contributed by atoms with E-state index in [0.717, 1.165) is 0 Å². The number of amides is 3. The Morgan fingerprint density at radius 2 is 1.72 bits per heavy atom. The fourth-order valence-electron chi connectivity index (χ4n) is 6.86. The van der Waals surface area contributed by atoms with E-state index in [9.17, 15) is 28.8 Å². The van der Waals surface area contributed by atoms with E-state index in [-0.39, 0.29) is 60.4 Å². The molecule has 3 rings (SSSR count). The molecule has 0 aromatic heterocycles. The van der Waals surface area contributed by atoms with Crippen LogP contribution in [0.15, 0.2) is 43.0 Å². The van der Waals surface area contributed by atoms with E-state index in [2.05, 4.69) is 37.0 Å². The van der Waals surface area contributed by atoms with Crippen molar-refractivity contribution < 1.29 is 28.8 Å². The predicted octanol–water partition coefficient (Wildman–Crippen LogP) is 5.18. The van der Waals surface area contributed by atoms with Gasteiger partial charge in [0.2, 0.25) is 11.7 Å². The monoisotopic (exact) mass is 645 g/mol. The average molecular weight is 646 g/mol. The number of fused-ring (bicyclic) bond motifs is 1. The lowest BCUT2D eigenvalue weighted by atomic mass is 9.83. The molecule has 254 valence electrons. The number of benzene rings is 1. The van der Waals surface area contributed by atoms with Crippen LogP contribution < -0.4 is 10.6 Å². The van der Waals surface area contributed by atoms with Gasteiger partial charge >= 0.3 is 6.03 Å². The molecule has 1 aliphatic carbocycles. The van der Waals surface area contributed by atoms with Crippen molar-refractivity contribution in [2.45, 2.75) is 98.7 Å². The Morgan fingerprint density at radius 3 is 2.28 bits per heavy atom. The number of terminal acetylenes is 1. The van der Waals surface area contributed by atoms with Gasteiger partial charge in [-0.1, -0.05) is 84.9 Å². The molecule has 0 spiro atoms. The number of nitrogens with zero attached hydrogens (tertiary/aromatic N) is 1. The normalized spacial score (nSPS) is 21.4. The number of carbonyl (C=O) groups excluding carboxylic acids is 6. The van der Waals surface area contributed by atoms with E-state index in [1.807, 2.05) is 40.7 Å². The zero-order valence-corrected chi connectivity index (χ0v) is 28.9. The number of nitrogens with one attached hydrogen (secondary N) is 2. The number of piperidine rings is 1. The first-order chi connectivity index (χ1) is 22.0. The molecule has 9 nitrogen and oxygen atoms in total. The van der Waals surface area contributed by atoms with Gasteiger partial charge < -0.3 is 15.5 Å². The summed E-state index contributed by atoms with van der Waals surface area (Å²) in [6.07, 6.45) is 7.64. The van der Waals surface area contributed by atoms with Crippen molar-refractivity contribution in [1.82, 2.24) is 15.5 Å². The molecule has 1 saturated carbocycles. The van der Waals surface area contributed by atoms with E-state index in [1.54, 1.807) is 35.2 Å². The van der Waals surface area contributed by atoms with Crippen molar-refractivity contribution in [3.63, 3.8) is 0 Å². The standard InChI is InChI=1S/C38H51N3O6/c1-10-12-17-25(32(44)27(42)20-13-11-2)21-28(43)31-29-26(38(29,8)9)22-41(31)35(46)34(37(5,6)7)40-36(47)39-30(23(3)4)33(45)24-18-15-14-16-19-24/h1,11,14-16,18-19,23,25-26,29-31,34H,2,12-13,17,20-22H2,3-9H3,(H2,39,40,47)/t25?,26-,29-,30-,31+,34+/m0/s1. The van der Waals surface area contributed by atoms with E-state index in [1.165, 1.54) is 0 Å². The largest absolute Gasteiger partial charge is 0.330 e. The number of hydrogen-bond acceptors (Lipinski definition) is 6. The van der Waals surface area contributed by atoms with Gasteiger partial charge in [-0.3, -0.25) is 24.0 Å². The van der Waals surface area contributed by atoms with Crippen molar-refractivity contribution in [2.75, 3.05) is 6.54 Å². The fraction of sp³-hybridized carbons (Fsp3) is 0.579. The molecule has 1 saturated heterocycles. The van der Waals surface area contributed by atoms with Crippen LogP contribution in [-0.4, -0.2) is 64.6 Å². The van der Waals surface area contributed by atoms with E-state index in [4.69, 9.17) is 6.42 Å². The third kappa shape index (κ3) is 8.65. The SMILES string of the molecule is C#CCCC(CC(=O)[C@@H]1[C@@H]2[C@H](CN1C(=O)[C@@H](NC(=O)N[C@H](C(=O)c1ccccc1)C(C)C)C(C)(C)C)C2(C)C)C(=O)C(=O)CCC=C. The number of allylic oxidation sites excluding steroid dienone is 1. The van der Waals surface area contributed by atoms with Crippen molar-refractivity contribution in [3.8, 4) is 12.3 Å². The van der Waals surface area contributed by atoms with Crippen LogP contribution >= 0.6 is 0 Å². The summed E-state index contributed by atoms with van der Waals surface area (Å²) in [4.78, 5) is 82.3. The molecule has 2 aliphatic rings. The smallest absolute Gasteiger partial charge is 0.316 e. The molecule has 47 heavy (non-hydrogen) atoms. The minimum atomic E-state index is -1.02. The second kappa shape index (κ2) is 15.2. The van der Waals surface area contributed by atoms with Crippen molar-refractivity contribution in [2.24, 2.45) is 34.5 Å². The van der Waals surface area contributed by atoms with Crippen LogP contribution in [0.25, 0.3) is 0 Å². The third-order valence-electron chi connectivity index (χ3n) is 9.81. The van der Waals surface area contributed by atoms with Gasteiger partial charge in [0.1, 0.15) is 6.04 Å². The number of rotatable bonds is 16. The Kier molecular flexibility index (Phi) is 12.1. The predicted molar refractivity (Wildman–Crippen MR) is 181 cm³/mol. The first-order valence-corrected chi connectivity index (χ1v) is 16.6. The molecule has 0 radical (unpaired) electrons. The van der Waals surface area contributed by atoms with Crippen LogP contribution in [0, 0.1) is 46.8 Å². The van der Waals surface area contributed by atoms with Gasteiger partial charge in [0, 0.05) is 37.3 Å². The molecule has 2 N–H and O–H groups in total. The highest BCUT2D eigenvalue weighted by Crippen LogP contribution is 2.65. The first kappa shape index (κ1) is 37.4. The van der Waals surface area contributed by atoms with Gasteiger partial charge in [0.25, 0.3) is 0 Å². The summed E-state index contributed by atoms with van der Waals surface area (Å²) >= 11 is 0. The summed E-state index contributed by atoms with van der Waals surface area (Å²) in [7, 11) is 0. The Hall–Kier alpha value is -4.06. The van der Waals surface area contributed by atoms with Gasteiger partial charge in [-0.2, -0.15) is 0 Å². The highest BCUT2D eigenvalue weighted by Gasteiger charge is 2.69. The summed E-state index contributed by atoms with van der Waals surface area (Å²) in [5.74, 6) is -0.721. The summed E-state index contributed by atoms with van der Waals surface area (Å²) in [5, 5.41) is 5.60. The number of ketones is 4. The van der Waals surface area contributed by atoms with Gasteiger partial charge in [-0.15, -0.1) is 18.9 Å². The second-order valence-corrected chi connectivity index (χ2v) is 15.0. The van der Waals surface area contributed by atoms with Crippen LogP contribution in [0.2, 0.25) is 0 Å². The van der Waals surface area contributed by atoms with Crippen LogP contribution in [-0.2, 0) is 19.2 Å². The van der Waals surface area contributed by atoms with E-state index in [0.29, 0.717) is 18.5 Å². The molecule has 1 aromatic carbocycles. The van der Waals surface area contributed by atoms with Crippen molar-refractivity contribution in [3.05, 3.63) is 48.6 Å². The summed E-state index contributed by atoms with van der Waals surface area (Å²) < 4.78 is 0. The van der Waals surface area contributed by atoms with Gasteiger partial charge in [-0.05, 0) is 41.4 Å². The molecular formula is C38H51N3O6. The number of urea groups is 1. The number of hydrogen-bond donors (Lipinski definition) is 2. The quantitative estimate of drug-likeness (QED) is 0.110. The molecule has 1 unspecified atom stereocenters. The van der Waals surface area contributed by atoms with Crippen molar-refractivity contribution >= 4 is 35.1 Å². The highest BCUT2D eigenvalue weighted by atomic mass is 16.2. The molecule has 6 atom stereocenters. The summed E-state index contributed by atoms with van der Waals surface area (Å²) in [5.41, 5.74) is -0.458. The minimum Gasteiger partial charge on any atom is -0.330 e. The molecule has 2 fully saturated rings.